The number of esters is 1. The first-order valence-corrected chi connectivity index (χ1v) is 6.76. The summed E-state index contributed by atoms with van der Waals surface area (Å²) in [5.41, 5.74) is -0.775. The van der Waals surface area contributed by atoms with Crippen LogP contribution in [0.3, 0.4) is 0 Å². The second-order valence-corrected chi connectivity index (χ2v) is 5.91. The minimum atomic E-state index is -3.69. The Morgan fingerprint density at radius 1 is 1.28 bits per heavy atom. The zero-order valence-corrected chi connectivity index (χ0v) is 10.8. The molecule has 1 aromatic rings. The topological polar surface area (TPSA) is 60.4 Å². The molecular formula is C11H12F2O4S. The summed E-state index contributed by atoms with van der Waals surface area (Å²) in [4.78, 5) is 11.0. The van der Waals surface area contributed by atoms with Crippen LogP contribution in [0, 0.1) is 0 Å². The van der Waals surface area contributed by atoms with Gasteiger partial charge in [0, 0.05) is 18.7 Å². The molecule has 18 heavy (non-hydrogen) atoms. The summed E-state index contributed by atoms with van der Waals surface area (Å²) >= 11 is 0. The summed E-state index contributed by atoms with van der Waals surface area (Å²) in [6, 6.07) is 2.78. The van der Waals surface area contributed by atoms with Gasteiger partial charge in [0.2, 0.25) is 0 Å². The molecule has 0 fully saturated rings. The van der Waals surface area contributed by atoms with Crippen LogP contribution in [0.15, 0.2) is 23.1 Å². The molecule has 0 bridgehead atoms. The third-order valence-electron chi connectivity index (χ3n) is 2.26. The van der Waals surface area contributed by atoms with Crippen molar-refractivity contribution in [1.82, 2.24) is 0 Å². The highest BCUT2D eigenvalue weighted by Gasteiger charge is 2.27. The molecule has 0 atom stereocenters. The van der Waals surface area contributed by atoms with Crippen molar-refractivity contribution in [3.05, 3.63) is 29.3 Å². The highest BCUT2D eigenvalue weighted by atomic mass is 32.2. The lowest BCUT2D eigenvalue weighted by Crippen LogP contribution is -2.12. The number of benzene rings is 1. The average Bonchev–Trinajstić information content (AvgIpc) is 2.25. The summed E-state index contributed by atoms with van der Waals surface area (Å²) in [5.74, 6) is -4.12. The van der Waals surface area contributed by atoms with Crippen LogP contribution in [0.25, 0.3) is 0 Å². The molecule has 0 aliphatic rings. The highest BCUT2D eigenvalue weighted by Crippen LogP contribution is 2.30. The standard InChI is InChI=1S/C11H12F2O4S/c1-11(12,13)8-4-7(10(14)17-2)5-9(6-8)18(3,15)16/h4-6H,1-3H3. The second-order valence-electron chi connectivity index (χ2n) is 3.90. The van der Waals surface area contributed by atoms with Crippen molar-refractivity contribution in [2.24, 2.45) is 0 Å². The van der Waals surface area contributed by atoms with Gasteiger partial charge in [0.25, 0.3) is 5.92 Å². The van der Waals surface area contributed by atoms with Gasteiger partial charge < -0.3 is 4.74 Å². The van der Waals surface area contributed by atoms with Crippen molar-refractivity contribution >= 4 is 15.8 Å². The summed E-state index contributed by atoms with van der Waals surface area (Å²) in [6.07, 6.45) is 0.876. The molecule has 100 valence electrons. The third-order valence-corrected chi connectivity index (χ3v) is 3.35. The minimum absolute atomic E-state index is 0.225. The van der Waals surface area contributed by atoms with Gasteiger partial charge in [0.05, 0.1) is 17.6 Å². The fourth-order valence-corrected chi connectivity index (χ4v) is 1.98. The van der Waals surface area contributed by atoms with Crippen molar-refractivity contribution < 1.29 is 26.7 Å². The third kappa shape index (κ3) is 3.25. The lowest BCUT2D eigenvalue weighted by atomic mass is 10.1. The van der Waals surface area contributed by atoms with Crippen LogP contribution in [0.1, 0.15) is 22.8 Å². The number of ether oxygens (including phenoxy) is 1. The molecule has 0 radical (unpaired) electrons. The second kappa shape index (κ2) is 4.64. The molecular weight excluding hydrogens is 266 g/mol. The maximum absolute atomic E-state index is 13.2. The molecule has 0 saturated heterocycles. The van der Waals surface area contributed by atoms with Crippen LogP contribution in [0.5, 0.6) is 0 Å². The summed E-state index contributed by atoms with van der Waals surface area (Å²) in [7, 11) is -2.61. The van der Waals surface area contributed by atoms with Gasteiger partial charge in [0.15, 0.2) is 9.84 Å². The van der Waals surface area contributed by atoms with E-state index in [2.05, 4.69) is 4.74 Å². The normalized spacial score (nSPS) is 12.3. The fourth-order valence-electron chi connectivity index (χ4n) is 1.30. The van der Waals surface area contributed by atoms with Crippen LogP contribution < -0.4 is 0 Å². The van der Waals surface area contributed by atoms with E-state index >= 15 is 0 Å². The minimum Gasteiger partial charge on any atom is -0.465 e. The molecule has 0 heterocycles. The zero-order chi connectivity index (χ0) is 14.1. The molecule has 0 aromatic heterocycles. The van der Waals surface area contributed by atoms with E-state index in [1.54, 1.807) is 0 Å². The fraction of sp³-hybridized carbons (Fsp3) is 0.364. The number of methoxy groups -OCH3 is 1. The first-order valence-electron chi connectivity index (χ1n) is 4.87. The van der Waals surface area contributed by atoms with Crippen molar-refractivity contribution in [2.75, 3.05) is 13.4 Å². The molecule has 1 aromatic carbocycles. The highest BCUT2D eigenvalue weighted by molar-refractivity contribution is 7.90. The van der Waals surface area contributed by atoms with Gasteiger partial charge in [-0.15, -0.1) is 0 Å². The van der Waals surface area contributed by atoms with E-state index in [1.165, 1.54) is 0 Å². The van der Waals surface area contributed by atoms with Crippen molar-refractivity contribution in [1.29, 1.82) is 0 Å². The molecule has 0 unspecified atom stereocenters. The number of alkyl halides is 2. The van der Waals surface area contributed by atoms with Crippen LogP contribution >= 0.6 is 0 Å². The Morgan fingerprint density at radius 2 is 1.83 bits per heavy atom. The molecule has 0 saturated carbocycles. The van der Waals surface area contributed by atoms with Crippen LogP contribution in [-0.4, -0.2) is 27.8 Å². The van der Waals surface area contributed by atoms with Gasteiger partial charge >= 0.3 is 5.97 Å². The maximum atomic E-state index is 13.2. The first-order chi connectivity index (χ1) is 8.05. The predicted octanol–water partition coefficient (Wildman–Crippen LogP) is 1.99. The largest absolute Gasteiger partial charge is 0.465 e. The Labute approximate surface area is 103 Å². The van der Waals surface area contributed by atoms with E-state index < -0.39 is 27.3 Å². The molecule has 0 N–H and O–H groups in total. The molecule has 0 amide bonds. The van der Waals surface area contributed by atoms with E-state index in [0.29, 0.717) is 6.92 Å². The molecule has 0 aliphatic heterocycles. The summed E-state index contributed by atoms with van der Waals surface area (Å²) < 4.78 is 53.6. The van der Waals surface area contributed by atoms with E-state index in [0.717, 1.165) is 31.6 Å². The Morgan fingerprint density at radius 3 is 2.22 bits per heavy atom. The predicted molar refractivity (Wildman–Crippen MR) is 60.5 cm³/mol. The van der Waals surface area contributed by atoms with Crippen molar-refractivity contribution in [3.63, 3.8) is 0 Å². The SMILES string of the molecule is COC(=O)c1cc(C(C)(F)F)cc(S(C)(=O)=O)c1. The Balaban J connectivity index is 3.54. The first kappa shape index (κ1) is 14.6. The number of hydrogen-bond donors (Lipinski definition) is 0. The summed E-state index contributed by atoms with van der Waals surface area (Å²) in [6.45, 7) is 0.620. The Bertz CT molecular complexity index is 573. The van der Waals surface area contributed by atoms with Crippen molar-refractivity contribution in [3.8, 4) is 0 Å². The number of carbonyl (C=O) groups is 1. The van der Waals surface area contributed by atoms with Gasteiger partial charge in [-0.2, -0.15) is 0 Å². The molecule has 0 spiro atoms. The average molecular weight is 278 g/mol. The number of rotatable bonds is 3. The van der Waals surface area contributed by atoms with Gasteiger partial charge in [-0.3, -0.25) is 0 Å². The zero-order valence-electron chi connectivity index (χ0n) is 10.0. The van der Waals surface area contributed by atoms with Crippen molar-refractivity contribution in [2.45, 2.75) is 17.7 Å². The quantitative estimate of drug-likeness (QED) is 0.793. The lowest BCUT2D eigenvalue weighted by Gasteiger charge is -2.13. The Kier molecular flexibility index (Phi) is 3.75. The summed E-state index contributed by atoms with van der Waals surface area (Å²) in [5, 5.41) is 0. The molecule has 0 aliphatic carbocycles. The number of halogens is 2. The maximum Gasteiger partial charge on any atom is 0.337 e. The monoisotopic (exact) mass is 278 g/mol. The Hall–Kier alpha value is -1.50. The van der Waals surface area contributed by atoms with Gasteiger partial charge in [-0.25, -0.2) is 22.0 Å². The lowest BCUT2D eigenvalue weighted by molar-refractivity contribution is 0.0171. The molecule has 1 rings (SSSR count). The number of carbonyl (C=O) groups excluding carboxylic acids is 1. The van der Waals surface area contributed by atoms with E-state index in [-0.39, 0.29) is 10.5 Å². The molecule has 4 nitrogen and oxygen atoms in total. The van der Waals surface area contributed by atoms with E-state index in [1.807, 2.05) is 0 Å². The van der Waals surface area contributed by atoms with Crippen LogP contribution in [-0.2, 0) is 20.5 Å². The van der Waals surface area contributed by atoms with E-state index in [9.17, 15) is 22.0 Å². The van der Waals surface area contributed by atoms with Crippen LogP contribution in [0.2, 0.25) is 0 Å². The number of hydrogen-bond acceptors (Lipinski definition) is 4. The van der Waals surface area contributed by atoms with Gasteiger partial charge in [-0.1, -0.05) is 0 Å². The van der Waals surface area contributed by atoms with Crippen LogP contribution in [0.4, 0.5) is 8.78 Å². The number of sulfone groups is 1. The van der Waals surface area contributed by atoms with Gasteiger partial charge in [-0.05, 0) is 18.2 Å². The van der Waals surface area contributed by atoms with E-state index in [4.69, 9.17) is 0 Å². The molecule has 7 heteroatoms. The smallest absolute Gasteiger partial charge is 0.337 e. The van der Waals surface area contributed by atoms with Gasteiger partial charge in [0.1, 0.15) is 0 Å².